The van der Waals surface area contributed by atoms with E-state index in [1.165, 1.54) is 15.3 Å². The molecule has 2 rings (SSSR count). The van der Waals surface area contributed by atoms with Gasteiger partial charge in [-0.2, -0.15) is 0 Å². The maximum atomic E-state index is 5.76. The summed E-state index contributed by atoms with van der Waals surface area (Å²) < 4.78 is 5.76. The summed E-state index contributed by atoms with van der Waals surface area (Å²) in [7, 11) is 0. The van der Waals surface area contributed by atoms with E-state index >= 15 is 0 Å². The summed E-state index contributed by atoms with van der Waals surface area (Å²) in [5.41, 5.74) is 1.53. The average molecular weight is 303 g/mol. The molecule has 2 aromatic rings. The molecule has 0 aliphatic carbocycles. The van der Waals surface area contributed by atoms with Gasteiger partial charge in [-0.25, -0.2) is 0 Å². The fraction of sp³-hybridized carbons (Fsp3) is 0.444. The van der Waals surface area contributed by atoms with Crippen molar-refractivity contribution in [3.63, 3.8) is 0 Å². The van der Waals surface area contributed by atoms with E-state index in [0.29, 0.717) is 6.61 Å². The van der Waals surface area contributed by atoms with E-state index in [-0.39, 0.29) is 5.41 Å². The molecule has 21 heavy (non-hydrogen) atoms. The van der Waals surface area contributed by atoms with Gasteiger partial charge in [0, 0.05) is 22.8 Å². The van der Waals surface area contributed by atoms with Crippen molar-refractivity contribution in [2.45, 2.75) is 39.7 Å². The lowest BCUT2D eigenvalue weighted by molar-refractivity contribution is 0.313. The molecule has 0 amide bonds. The summed E-state index contributed by atoms with van der Waals surface area (Å²) in [6.45, 7) is 11.3. The van der Waals surface area contributed by atoms with Crippen molar-refractivity contribution in [2.75, 3.05) is 13.2 Å². The molecule has 0 radical (unpaired) electrons. The lowest BCUT2D eigenvalue weighted by Crippen LogP contribution is -2.20. The van der Waals surface area contributed by atoms with Gasteiger partial charge in [0.1, 0.15) is 12.4 Å². The van der Waals surface area contributed by atoms with Crippen LogP contribution in [0.3, 0.4) is 0 Å². The quantitative estimate of drug-likeness (QED) is 0.792. The van der Waals surface area contributed by atoms with E-state index in [1.54, 1.807) is 0 Å². The van der Waals surface area contributed by atoms with E-state index in [1.807, 2.05) is 11.3 Å². The summed E-state index contributed by atoms with van der Waals surface area (Å²) in [5, 5.41) is 3.41. The highest BCUT2D eigenvalue weighted by Gasteiger charge is 2.12. The smallest absolute Gasteiger partial charge is 0.119 e. The van der Waals surface area contributed by atoms with Gasteiger partial charge in [0.15, 0.2) is 0 Å². The van der Waals surface area contributed by atoms with Gasteiger partial charge in [0.05, 0.1) is 0 Å². The molecule has 1 heterocycles. The number of rotatable bonds is 6. The van der Waals surface area contributed by atoms with Crippen molar-refractivity contribution in [1.29, 1.82) is 0 Å². The van der Waals surface area contributed by atoms with Crippen LogP contribution < -0.4 is 10.1 Å². The van der Waals surface area contributed by atoms with Crippen molar-refractivity contribution >= 4 is 11.3 Å². The fourth-order valence-corrected chi connectivity index (χ4v) is 2.94. The number of benzene rings is 1. The summed E-state index contributed by atoms with van der Waals surface area (Å²) in [6, 6.07) is 12.8. The van der Waals surface area contributed by atoms with Gasteiger partial charge in [-0.3, -0.25) is 0 Å². The average Bonchev–Trinajstić information content (AvgIpc) is 2.84. The van der Waals surface area contributed by atoms with Crippen molar-refractivity contribution in [1.82, 2.24) is 5.32 Å². The van der Waals surface area contributed by atoms with Crippen molar-refractivity contribution < 1.29 is 4.74 Å². The first kappa shape index (κ1) is 16.1. The second kappa shape index (κ2) is 7.10. The third kappa shape index (κ3) is 5.18. The normalized spacial score (nSPS) is 11.6. The minimum atomic E-state index is 0.193. The Kier molecular flexibility index (Phi) is 5.43. The van der Waals surface area contributed by atoms with E-state index < -0.39 is 0 Å². The predicted molar refractivity (Wildman–Crippen MR) is 91.4 cm³/mol. The van der Waals surface area contributed by atoms with Gasteiger partial charge in [-0.1, -0.05) is 32.9 Å². The number of thiophene rings is 1. The second-order valence-corrected chi connectivity index (χ2v) is 7.68. The molecule has 0 saturated carbocycles. The van der Waals surface area contributed by atoms with Gasteiger partial charge in [0.25, 0.3) is 0 Å². The topological polar surface area (TPSA) is 21.3 Å². The maximum Gasteiger partial charge on any atom is 0.119 e. The molecule has 0 unspecified atom stereocenters. The lowest BCUT2D eigenvalue weighted by Gasteiger charge is -2.19. The first-order chi connectivity index (χ1) is 9.95. The SMILES string of the molecule is Cc1ccc(CNCCOc2ccc(C(C)(C)C)cc2)s1. The molecular weight excluding hydrogens is 278 g/mol. The Morgan fingerprint density at radius 3 is 2.33 bits per heavy atom. The van der Waals surface area contributed by atoms with Crippen LogP contribution >= 0.6 is 11.3 Å². The Labute approximate surface area is 132 Å². The molecule has 0 aliphatic rings. The Balaban J connectivity index is 1.69. The van der Waals surface area contributed by atoms with E-state index in [2.05, 4.69) is 69.4 Å². The number of nitrogens with one attached hydrogen (secondary N) is 1. The zero-order chi connectivity index (χ0) is 15.3. The second-order valence-electron chi connectivity index (χ2n) is 6.31. The van der Waals surface area contributed by atoms with Crippen molar-refractivity contribution in [3.8, 4) is 5.75 Å². The van der Waals surface area contributed by atoms with Crippen LogP contribution in [0.15, 0.2) is 36.4 Å². The van der Waals surface area contributed by atoms with Gasteiger partial charge < -0.3 is 10.1 Å². The predicted octanol–water partition coefficient (Wildman–Crippen LogP) is 4.52. The molecule has 0 atom stereocenters. The highest BCUT2D eigenvalue weighted by atomic mass is 32.1. The zero-order valence-corrected chi connectivity index (χ0v) is 14.2. The van der Waals surface area contributed by atoms with Crippen LogP contribution in [0, 0.1) is 6.92 Å². The molecular formula is C18H25NOS. The Morgan fingerprint density at radius 1 is 1.05 bits per heavy atom. The lowest BCUT2D eigenvalue weighted by atomic mass is 9.87. The van der Waals surface area contributed by atoms with E-state index in [0.717, 1.165) is 18.8 Å². The van der Waals surface area contributed by atoms with Gasteiger partial charge in [0.2, 0.25) is 0 Å². The molecule has 0 saturated heterocycles. The monoisotopic (exact) mass is 303 g/mol. The summed E-state index contributed by atoms with van der Waals surface area (Å²) in [4.78, 5) is 2.74. The first-order valence-corrected chi connectivity index (χ1v) is 8.26. The minimum absolute atomic E-state index is 0.193. The van der Waals surface area contributed by atoms with Crippen LogP contribution in [0.25, 0.3) is 0 Å². The van der Waals surface area contributed by atoms with Crippen LogP contribution in [0.2, 0.25) is 0 Å². The molecule has 1 N–H and O–H groups in total. The standard InChI is InChI=1S/C18H25NOS/c1-14-5-10-17(21-14)13-19-11-12-20-16-8-6-15(7-9-16)18(2,3)4/h5-10,19H,11-13H2,1-4H3. The molecule has 1 aromatic carbocycles. The summed E-state index contributed by atoms with van der Waals surface area (Å²) >= 11 is 1.84. The molecule has 1 aromatic heterocycles. The molecule has 3 heteroatoms. The molecule has 0 spiro atoms. The first-order valence-electron chi connectivity index (χ1n) is 7.44. The van der Waals surface area contributed by atoms with Gasteiger partial charge >= 0.3 is 0 Å². The van der Waals surface area contributed by atoms with E-state index in [4.69, 9.17) is 4.74 Å². The Hall–Kier alpha value is -1.32. The minimum Gasteiger partial charge on any atom is -0.492 e. The molecule has 0 bridgehead atoms. The molecule has 0 aliphatic heterocycles. The third-order valence-electron chi connectivity index (χ3n) is 3.36. The number of hydrogen-bond acceptors (Lipinski definition) is 3. The van der Waals surface area contributed by atoms with Crippen LogP contribution in [0.4, 0.5) is 0 Å². The molecule has 114 valence electrons. The Bertz CT molecular complexity index is 551. The van der Waals surface area contributed by atoms with Crippen LogP contribution in [0.5, 0.6) is 5.75 Å². The molecule has 0 fully saturated rings. The highest BCUT2D eigenvalue weighted by Crippen LogP contribution is 2.24. The van der Waals surface area contributed by atoms with Crippen LogP contribution in [-0.2, 0) is 12.0 Å². The zero-order valence-electron chi connectivity index (χ0n) is 13.4. The Morgan fingerprint density at radius 2 is 1.76 bits per heavy atom. The van der Waals surface area contributed by atoms with Gasteiger partial charge in [-0.05, 0) is 42.2 Å². The largest absolute Gasteiger partial charge is 0.492 e. The number of aryl methyl sites for hydroxylation is 1. The highest BCUT2D eigenvalue weighted by molar-refractivity contribution is 7.11. The number of hydrogen-bond donors (Lipinski definition) is 1. The molecule has 2 nitrogen and oxygen atoms in total. The van der Waals surface area contributed by atoms with E-state index in [9.17, 15) is 0 Å². The van der Waals surface area contributed by atoms with Crippen molar-refractivity contribution in [3.05, 3.63) is 51.7 Å². The van der Waals surface area contributed by atoms with Crippen LogP contribution in [-0.4, -0.2) is 13.2 Å². The fourth-order valence-electron chi connectivity index (χ4n) is 2.08. The van der Waals surface area contributed by atoms with Crippen LogP contribution in [0.1, 0.15) is 36.1 Å². The number of ether oxygens (including phenoxy) is 1. The third-order valence-corrected chi connectivity index (χ3v) is 4.36. The van der Waals surface area contributed by atoms with Crippen molar-refractivity contribution in [2.24, 2.45) is 0 Å². The maximum absolute atomic E-state index is 5.76. The van der Waals surface area contributed by atoms with Gasteiger partial charge in [-0.15, -0.1) is 11.3 Å². The summed E-state index contributed by atoms with van der Waals surface area (Å²) in [5.74, 6) is 0.941. The summed E-state index contributed by atoms with van der Waals surface area (Å²) in [6.07, 6.45) is 0.